The van der Waals surface area contributed by atoms with Crippen LogP contribution in [0.1, 0.15) is 10.4 Å². The number of para-hydroxylation sites is 1. The number of aldehydes is 1. The van der Waals surface area contributed by atoms with Crippen LogP contribution in [0, 0.1) is 0 Å². The Morgan fingerprint density at radius 1 is 1.04 bits per heavy atom. The highest BCUT2D eigenvalue weighted by atomic mass is 19.4. The van der Waals surface area contributed by atoms with Crippen LogP contribution in [0.5, 0.6) is 11.5 Å². The molecule has 0 N–H and O–H groups in total. The molecule has 0 radical (unpaired) electrons. The Balaban J connectivity index is 2.42. The van der Waals surface area contributed by atoms with E-state index in [1.165, 1.54) is 36.4 Å². The van der Waals surface area contributed by atoms with E-state index in [2.05, 4.69) is 4.74 Å². The maximum absolute atomic E-state index is 12.5. The highest BCUT2D eigenvalue weighted by Gasteiger charge is 2.32. The van der Waals surface area contributed by atoms with Crippen LogP contribution in [0.4, 0.5) is 22.0 Å². The molecular formula is C16H11F5O3. The Labute approximate surface area is 133 Å². The van der Waals surface area contributed by atoms with Gasteiger partial charge in [0.2, 0.25) is 0 Å². The van der Waals surface area contributed by atoms with Gasteiger partial charge in [0.25, 0.3) is 6.43 Å². The van der Waals surface area contributed by atoms with E-state index in [1.807, 2.05) is 0 Å². The minimum absolute atomic E-state index is 0.00798. The summed E-state index contributed by atoms with van der Waals surface area (Å²) in [5.41, 5.74) is 0.313. The van der Waals surface area contributed by atoms with Gasteiger partial charge in [-0.15, -0.1) is 13.2 Å². The van der Waals surface area contributed by atoms with Gasteiger partial charge in [-0.25, -0.2) is 8.78 Å². The van der Waals surface area contributed by atoms with E-state index < -0.39 is 25.1 Å². The number of hydrogen-bond donors (Lipinski definition) is 0. The van der Waals surface area contributed by atoms with Crippen LogP contribution in [-0.4, -0.2) is 25.7 Å². The first-order valence-electron chi connectivity index (χ1n) is 6.65. The molecule has 2 aromatic rings. The van der Waals surface area contributed by atoms with Crippen molar-refractivity contribution in [3.63, 3.8) is 0 Å². The van der Waals surface area contributed by atoms with Gasteiger partial charge in [-0.05, 0) is 23.8 Å². The van der Waals surface area contributed by atoms with Crippen molar-refractivity contribution in [2.24, 2.45) is 0 Å². The number of benzene rings is 2. The molecule has 0 aromatic heterocycles. The van der Waals surface area contributed by atoms with Crippen LogP contribution in [0.3, 0.4) is 0 Å². The maximum atomic E-state index is 12.5. The predicted molar refractivity (Wildman–Crippen MR) is 75.4 cm³/mol. The van der Waals surface area contributed by atoms with Crippen LogP contribution >= 0.6 is 0 Å². The number of ether oxygens (including phenoxy) is 2. The van der Waals surface area contributed by atoms with E-state index in [0.29, 0.717) is 6.29 Å². The van der Waals surface area contributed by atoms with E-state index in [0.717, 1.165) is 6.07 Å². The van der Waals surface area contributed by atoms with Gasteiger partial charge in [-0.2, -0.15) is 0 Å². The summed E-state index contributed by atoms with van der Waals surface area (Å²) >= 11 is 0. The van der Waals surface area contributed by atoms with Crippen molar-refractivity contribution in [3.05, 3.63) is 48.0 Å². The molecule has 0 spiro atoms. The summed E-state index contributed by atoms with van der Waals surface area (Å²) in [7, 11) is 0. The molecule has 0 aliphatic heterocycles. The molecule has 3 nitrogen and oxygen atoms in total. The molecule has 0 unspecified atom stereocenters. The fourth-order valence-electron chi connectivity index (χ4n) is 2.00. The zero-order chi connectivity index (χ0) is 17.7. The SMILES string of the molecule is O=Cc1ccc(-c2ccccc2OC(F)(F)F)cc1OCC(F)F. The van der Waals surface area contributed by atoms with Gasteiger partial charge in [-0.1, -0.05) is 24.3 Å². The first-order valence-corrected chi connectivity index (χ1v) is 6.65. The molecule has 0 saturated carbocycles. The lowest BCUT2D eigenvalue weighted by Gasteiger charge is -2.15. The van der Waals surface area contributed by atoms with Crippen LogP contribution in [0.2, 0.25) is 0 Å². The summed E-state index contributed by atoms with van der Waals surface area (Å²) in [6, 6.07) is 9.20. The molecule has 0 aliphatic carbocycles. The second kappa shape index (κ2) is 7.29. The summed E-state index contributed by atoms with van der Waals surface area (Å²) in [6.45, 7) is -0.939. The Morgan fingerprint density at radius 2 is 1.75 bits per heavy atom. The van der Waals surface area contributed by atoms with Gasteiger partial charge in [0.15, 0.2) is 6.29 Å². The van der Waals surface area contributed by atoms with Gasteiger partial charge < -0.3 is 9.47 Å². The van der Waals surface area contributed by atoms with E-state index in [9.17, 15) is 26.7 Å². The third-order valence-electron chi connectivity index (χ3n) is 2.93. The average molecular weight is 346 g/mol. The largest absolute Gasteiger partial charge is 0.573 e. The Hall–Kier alpha value is -2.64. The first kappa shape index (κ1) is 17.7. The van der Waals surface area contributed by atoms with Crippen molar-refractivity contribution in [3.8, 4) is 22.6 Å². The fourth-order valence-corrected chi connectivity index (χ4v) is 2.00. The van der Waals surface area contributed by atoms with E-state index >= 15 is 0 Å². The zero-order valence-corrected chi connectivity index (χ0v) is 12.0. The molecule has 0 bridgehead atoms. The second-order valence-corrected chi connectivity index (χ2v) is 4.62. The summed E-state index contributed by atoms with van der Waals surface area (Å²) in [6.07, 6.45) is -7.23. The molecule has 8 heteroatoms. The number of rotatable bonds is 6. The van der Waals surface area contributed by atoms with Crippen molar-refractivity contribution in [2.45, 2.75) is 12.8 Å². The van der Waals surface area contributed by atoms with Gasteiger partial charge in [0.1, 0.15) is 18.1 Å². The molecule has 0 atom stereocenters. The number of alkyl halides is 5. The average Bonchev–Trinajstić information content (AvgIpc) is 2.51. The van der Waals surface area contributed by atoms with Crippen molar-refractivity contribution in [1.82, 2.24) is 0 Å². The molecule has 0 saturated heterocycles. The zero-order valence-electron chi connectivity index (χ0n) is 12.0. The van der Waals surface area contributed by atoms with Crippen LogP contribution in [0.25, 0.3) is 11.1 Å². The molecule has 2 rings (SSSR count). The van der Waals surface area contributed by atoms with Crippen molar-refractivity contribution >= 4 is 6.29 Å². The van der Waals surface area contributed by atoms with Gasteiger partial charge in [0.05, 0.1) is 5.56 Å². The van der Waals surface area contributed by atoms with Gasteiger partial charge >= 0.3 is 6.36 Å². The predicted octanol–water partition coefficient (Wildman–Crippen LogP) is 4.71. The van der Waals surface area contributed by atoms with Gasteiger partial charge in [0, 0.05) is 5.56 Å². The molecule has 0 fully saturated rings. The molecule has 0 heterocycles. The summed E-state index contributed by atoms with van der Waals surface area (Å²) in [5.74, 6) is -0.603. The first-order chi connectivity index (χ1) is 11.3. The summed E-state index contributed by atoms with van der Waals surface area (Å²) in [4.78, 5) is 10.9. The summed E-state index contributed by atoms with van der Waals surface area (Å²) < 4.78 is 70.7. The second-order valence-electron chi connectivity index (χ2n) is 4.62. The lowest BCUT2D eigenvalue weighted by molar-refractivity contribution is -0.274. The fraction of sp³-hybridized carbons (Fsp3) is 0.188. The lowest BCUT2D eigenvalue weighted by Crippen LogP contribution is -2.17. The number of hydrogen-bond acceptors (Lipinski definition) is 3. The quantitative estimate of drug-likeness (QED) is 0.561. The Morgan fingerprint density at radius 3 is 2.38 bits per heavy atom. The van der Waals surface area contributed by atoms with Crippen molar-refractivity contribution in [2.75, 3.05) is 6.61 Å². The molecule has 128 valence electrons. The molecule has 0 aliphatic rings. The topological polar surface area (TPSA) is 35.5 Å². The Bertz CT molecular complexity index is 713. The van der Waals surface area contributed by atoms with Crippen LogP contribution in [0.15, 0.2) is 42.5 Å². The number of halogens is 5. The highest BCUT2D eigenvalue weighted by molar-refractivity contribution is 5.82. The third-order valence-corrected chi connectivity index (χ3v) is 2.93. The standard InChI is InChI=1S/C16H11F5O3/c17-15(18)9-23-14-7-10(5-6-11(14)8-22)12-3-1-2-4-13(12)24-16(19,20)21/h1-8,15H,9H2. The molecule has 2 aromatic carbocycles. The van der Waals surface area contributed by atoms with Crippen molar-refractivity contribution in [1.29, 1.82) is 0 Å². The van der Waals surface area contributed by atoms with Crippen LogP contribution < -0.4 is 9.47 Å². The molecule has 24 heavy (non-hydrogen) atoms. The smallest absolute Gasteiger partial charge is 0.487 e. The van der Waals surface area contributed by atoms with E-state index in [4.69, 9.17) is 4.74 Å². The van der Waals surface area contributed by atoms with Gasteiger partial charge in [-0.3, -0.25) is 4.79 Å². The van der Waals surface area contributed by atoms with Crippen molar-refractivity contribution < 1.29 is 36.2 Å². The number of carbonyl (C=O) groups is 1. The molecular weight excluding hydrogens is 335 g/mol. The maximum Gasteiger partial charge on any atom is 0.573 e. The molecule has 0 amide bonds. The summed E-state index contributed by atoms with van der Waals surface area (Å²) in [5, 5.41) is 0. The van der Waals surface area contributed by atoms with Crippen LogP contribution in [-0.2, 0) is 0 Å². The Kier molecular flexibility index (Phi) is 5.38. The van der Waals surface area contributed by atoms with E-state index in [-0.39, 0.29) is 22.4 Å². The monoisotopic (exact) mass is 346 g/mol. The lowest BCUT2D eigenvalue weighted by atomic mass is 10.0. The minimum Gasteiger partial charge on any atom is -0.487 e. The highest BCUT2D eigenvalue weighted by Crippen LogP contribution is 2.35. The van der Waals surface area contributed by atoms with E-state index in [1.54, 1.807) is 0 Å². The normalized spacial score (nSPS) is 11.4. The third kappa shape index (κ3) is 4.68. The number of carbonyl (C=O) groups excluding carboxylic acids is 1. The minimum atomic E-state index is -4.88.